The molecule has 45 heavy (non-hydrogen) atoms. The monoisotopic (exact) mass is 630 g/mol. The van der Waals surface area contributed by atoms with Crippen molar-refractivity contribution in [2.24, 2.45) is 0 Å². The van der Waals surface area contributed by atoms with Crippen molar-refractivity contribution in [1.82, 2.24) is 29.8 Å². The molecule has 13 heteroatoms. The maximum Gasteiger partial charge on any atom is 0.217 e. The van der Waals surface area contributed by atoms with Crippen LogP contribution < -0.4 is 10.5 Å². The summed E-state index contributed by atoms with van der Waals surface area (Å²) in [5, 5.41) is 20.0. The minimum absolute atomic E-state index is 0.0766. The minimum atomic E-state index is -0.878. The maximum absolute atomic E-state index is 14.2. The molecular weight excluding hydrogens is 595 g/mol. The van der Waals surface area contributed by atoms with Crippen LogP contribution in [0.1, 0.15) is 72.4 Å². The van der Waals surface area contributed by atoms with E-state index >= 15 is 0 Å². The summed E-state index contributed by atoms with van der Waals surface area (Å²) in [5.41, 5.74) is 10.3. The van der Waals surface area contributed by atoms with Gasteiger partial charge in [-0.2, -0.15) is 15.3 Å². The van der Waals surface area contributed by atoms with Gasteiger partial charge in [0.05, 0.1) is 35.9 Å². The highest BCUT2D eigenvalue weighted by Gasteiger charge is 2.49. The fraction of sp³-hybridized carbons (Fsp3) is 0.531. The van der Waals surface area contributed by atoms with Crippen molar-refractivity contribution in [3.63, 3.8) is 0 Å². The second-order valence-electron chi connectivity index (χ2n) is 12.8. The predicted molar refractivity (Wildman–Crippen MR) is 165 cm³/mol. The average molecular weight is 631 g/mol. The highest BCUT2D eigenvalue weighted by molar-refractivity contribution is 7.16. The molecule has 0 radical (unpaired) electrons. The Morgan fingerprint density at radius 3 is 2.78 bits per heavy atom. The highest BCUT2D eigenvalue weighted by atomic mass is 32.1. The van der Waals surface area contributed by atoms with Gasteiger partial charge >= 0.3 is 0 Å². The number of anilines is 1. The second kappa shape index (κ2) is 10.9. The van der Waals surface area contributed by atoms with Crippen LogP contribution >= 0.6 is 11.3 Å². The summed E-state index contributed by atoms with van der Waals surface area (Å²) in [6.07, 6.45) is 6.46. The number of fused-ring (bicyclic) bond motifs is 4. The molecule has 6 heterocycles. The Morgan fingerprint density at radius 2 is 2.04 bits per heavy atom. The zero-order valence-electron chi connectivity index (χ0n) is 25.3. The lowest BCUT2D eigenvalue weighted by molar-refractivity contribution is -0.0285. The third-order valence-corrected chi connectivity index (χ3v) is 11.1. The van der Waals surface area contributed by atoms with Crippen molar-refractivity contribution in [2.75, 3.05) is 32.5 Å². The lowest BCUT2D eigenvalue weighted by Crippen LogP contribution is -2.38. The van der Waals surface area contributed by atoms with E-state index in [1.54, 1.807) is 6.07 Å². The maximum atomic E-state index is 14.2. The van der Waals surface area contributed by atoms with Gasteiger partial charge < -0.3 is 19.7 Å². The van der Waals surface area contributed by atoms with E-state index in [1.165, 1.54) is 16.2 Å². The van der Waals surface area contributed by atoms with E-state index in [4.69, 9.17) is 34.8 Å². The predicted octanol–water partition coefficient (Wildman–Crippen LogP) is 4.85. The number of nitriles is 1. The van der Waals surface area contributed by atoms with Gasteiger partial charge in [0.2, 0.25) is 5.88 Å². The molecule has 1 spiro atoms. The van der Waals surface area contributed by atoms with Gasteiger partial charge in [-0.25, -0.2) is 9.37 Å². The van der Waals surface area contributed by atoms with Crippen LogP contribution in [0, 0.1) is 11.3 Å². The Bertz CT molecular complexity index is 1800. The number of alkyl halides is 1. The summed E-state index contributed by atoms with van der Waals surface area (Å²) in [6.45, 7) is 3.60. The molecule has 0 amide bonds. The fourth-order valence-corrected chi connectivity index (χ4v) is 8.94. The molecular formula is C32H35FN8O3S. The quantitative estimate of drug-likeness (QED) is 0.314. The van der Waals surface area contributed by atoms with Crippen LogP contribution in [0.4, 0.5) is 9.39 Å². The van der Waals surface area contributed by atoms with E-state index in [9.17, 15) is 9.65 Å². The molecule has 4 aromatic rings. The third-order valence-electron chi connectivity index (χ3n) is 10.0. The lowest BCUT2D eigenvalue weighted by Gasteiger charge is -2.39. The van der Waals surface area contributed by atoms with Gasteiger partial charge in [0.25, 0.3) is 0 Å². The van der Waals surface area contributed by atoms with E-state index in [2.05, 4.69) is 11.2 Å². The molecule has 2 saturated heterocycles. The first-order chi connectivity index (χ1) is 21.8. The summed E-state index contributed by atoms with van der Waals surface area (Å²) in [5.74, 6) is 1.56. The summed E-state index contributed by atoms with van der Waals surface area (Å²) in [4.78, 5) is 13.0. The van der Waals surface area contributed by atoms with E-state index in [0.717, 1.165) is 55.4 Å². The molecule has 4 atom stereocenters. The zero-order chi connectivity index (χ0) is 30.9. The number of nitrogen functional groups attached to an aromatic ring is 1. The van der Waals surface area contributed by atoms with Crippen LogP contribution in [0.15, 0.2) is 22.9 Å². The number of nitrogens with zero attached hydrogens (tertiary/aromatic N) is 7. The highest BCUT2D eigenvalue weighted by Crippen LogP contribution is 2.55. The van der Waals surface area contributed by atoms with Crippen LogP contribution in [0.5, 0.6) is 5.88 Å². The van der Waals surface area contributed by atoms with E-state index < -0.39 is 11.6 Å². The number of aryl methyl sites for hydroxylation is 1. The molecule has 234 valence electrons. The number of nitrogens with two attached hydrogens (primary N) is 1. The number of halogens is 1. The summed E-state index contributed by atoms with van der Waals surface area (Å²) >= 11 is 1.52. The summed E-state index contributed by atoms with van der Waals surface area (Å²) in [7, 11) is 1.92. The molecule has 2 N–H and O–H groups in total. The van der Waals surface area contributed by atoms with Crippen LogP contribution in [-0.2, 0) is 23.0 Å². The number of ether oxygens (including phenoxy) is 2. The standard InChI is InChI=1S/C32H35FN8O3S/c1-17(24-11-18(33)14-40(24)2)43-26-12-23(22-7-10-41(38-22)19-15-42-16-19)36-31(37-26)28-20-5-3-8-32(29(20)44-39-28)9-4-6-25-27(32)21(13-34)30(35)45-25/h7,10,12,17-19,24H,3-6,8-9,11,14-16,35H2,1-2H3/t17-,18-,24-,32-/m0/s1. The van der Waals surface area contributed by atoms with Crippen LogP contribution in [0.25, 0.3) is 22.9 Å². The summed E-state index contributed by atoms with van der Waals surface area (Å²) in [6, 6.07) is 6.22. The van der Waals surface area contributed by atoms with Gasteiger partial charge in [0, 0.05) is 35.3 Å². The van der Waals surface area contributed by atoms with Crippen molar-refractivity contribution in [3.05, 3.63) is 45.7 Å². The van der Waals surface area contributed by atoms with Crippen LogP contribution in [0.2, 0.25) is 0 Å². The molecule has 8 rings (SSSR count). The van der Waals surface area contributed by atoms with Crippen LogP contribution in [0.3, 0.4) is 0 Å². The number of aromatic nitrogens is 5. The molecule has 2 aliphatic heterocycles. The average Bonchev–Trinajstić information content (AvgIpc) is 3.78. The lowest BCUT2D eigenvalue weighted by atomic mass is 9.63. The first-order valence-electron chi connectivity index (χ1n) is 15.7. The first kappa shape index (κ1) is 28.6. The van der Waals surface area contributed by atoms with Gasteiger partial charge in [0.15, 0.2) is 17.3 Å². The zero-order valence-corrected chi connectivity index (χ0v) is 26.1. The number of likely N-dealkylation sites (tertiary alicyclic amines) is 1. The van der Waals surface area contributed by atoms with E-state index in [-0.39, 0.29) is 18.2 Å². The Labute approximate surface area is 264 Å². The van der Waals surface area contributed by atoms with Crippen molar-refractivity contribution in [2.45, 2.75) is 81.6 Å². The van der Waals surface area contributed by atoms with E-state index in [1.807, 2.05) is 35.8 Å². The third kappa shape index (κ3) is 4.64. The van der Waals surface area contributed by atoms with Gasteiger partial charge in [-0.3, -0.25) is 9.58 Å². The van der Waals surface area contributed by atoms with Gasteiger partial charge in [0.1, 0.15) is 29.0 Å². The number of hydrogen-bond acceptors (Lipinski definition) is 11. The molecule has 2 fully saturated rings. The molecule has 0 aromatic carbocycles. The SMILES string of the molecule is C[C@H](Oc1cc(-c2ccn(C3COC3)n2)nc(-c2noc3c2CCC[C@@]32CCCc3sc(N)c(C#N)c32)n1)[C@@H]1C[C@H](F)CN1C. The van der Waals surface area contributed by atoms with Gasteiger partial charge in [-0.05, 0) is 70.5 Å². The summed E-state index contributed by atoms with van der Waals surface area (Å²) < 4.78 is 34.1. The Morgan fingerprint density at radius 1 is 1.22 bits per heavy atom. The van der Waals surface area contributed by atoms with Gasteiger partial charge in [-0.1, -0.05) is 5.16 Å². The van der Waals surface area contributed by atoms with Crippen molar-refractivity contribution in [3.8, 4) is 34.9 Å². The Hall–Kier alpha value is -3.86. The molecule has 4 aromatic heterocycles. The number of thiophene rings is 1. The first-order valence-corrected chi connectivity index (χ1v) is 16.5. The number of likely N-dealkylation sites (N-methyl/N-ethyl adjacent to an activating group) is 1. The second-order valence-corrected chi connectivity index (χ2v) is 14.0. The minimum Gasteiger partial charge on any atom is -0.473 e. The molecule has 0 saturated carbocycles. The largest absolute Gasteiger partial charge is 0.473 e. The van der Waals surface area contributed by atoms with Crippen molar-refractivity contribution >= 4 is 16.3 Å². The number of rotatable bonds is 6. The van der Waals surface area contributed by atoms with Crippen LogP contribution in [-0.4, -0.2) is 74.9 Å². The molecule has 11 nitrogen and oxygen atoms in total. The van der Waals surface area contributed by atoms with E-state index in [0.29, 0.717) is 65.5 Å². The van der Waals surface area contributed by atoms with Crippen molar-refractivity contribution in [1.29, 1.82) is 5.26 Å². The molecule has 2 aliphatic carbocycles. The smallest absolute Gasteiger partial charge is 0.217 e. The fourth-order valence-electron chi connectivity index (χ4n) is 7.78. The molecule has 4 aliphatic rings. The Kier molecular flexibility index (Phi) is 6.92. The Balaban J connectivity index is 1.21. The molecule has 0 bridgehead atoms. The molecule has 0 unspecified atom stereocenters. The van der Waals surface area contributed by atoms with Crippen molar-refractivity contribution < 1.29 is 18.4 Å². The topological polar surface area (TPSA) is 141 Å². The van der Waals surface area contributed by atoms with Gasteiger partial charge in [-0.15, -0.1) is 11.3 Å². The normalized spacial score (nSPS) is 25.5. The number of hydrogen-bond donors (Lipinski definition) is 1.